The Morgan fingerprint density at radius 1 is 1.05 bits per heavy atom. The maximum atomic E-state index is 13.6. The molecule has 5 rings (SSSR count). The zero-order valence-corrected chi connectivity index (χ0v) is 23.3. The van der Waals surface area contributed by atoms with Crippen LogP contribution in [0.2, 0.25) is 5.02 Å². The summed E-state index contributed by atoms with van der Waals surface area (Å²) in [5.74, 6) is 2.08. The van der Waals surface area contributed by atoms with Crippen molar-refractivity contribution in [3.05, 3.63) is 80.0 Å². The van der Waals surface area contributed by atoms with E-state index >= 15 is 0 Å². The van der Waals surface area contributed by atoms with Gasteiger partial charge in [0.05, 0.1) is 42.8 Å². The second-order valence-electron chi connectivity index (χ2n) is 8.59. The van der Waals surface area contributed by atoms with Gasteiger partial charge < -0.3 is 18.6 Å². The molecule has 2 aromatic heterocycles. The van der Waals surface area contributed by atoms with Gasteiger partial charge in [-0.3, -0.25) is 4.79 Å². The number of para-hydroxylation sites is 1. The highest BCUT2D eigenvalue weighted by atomic mass is 79.9. The molecule has 3 aromatic carbocycles. The number of halogens is 2. The van der Waals surface area contributed by atoms with E-state index in [-0.39, 0.29) is 17.5 Å². The van der Waals surface area contributed by atoms with E-state index in [9.17, 15) is 4.79 Å². The van der Waals surface area contributed by atoms with Crippen LogP contribution in [0.5, 0.6) is 17.2 Å². The van der Waals surface area contributed by atoms with Crippen LogP contribution in [0.25, 0.3) is 33.5 Å². The van der Waals surface area contributed by atoms with E-state index in [1.54, 1.807) is 37.4 Å². The fraction of sp³-hybridized carbons (Fsp3) is 0.179. The van der Waals surface area contributed by atoms with Crippen LogP contribution in [0.15, 0.2) is 73.4 Å². The van der Waals surface area contributed by atoms with Crippen LogP contribution in [0, 0.1) is 0 Å². The van der Waals surface area contributed by atoms with E-state index in [1.165, 1.54) is 18.0 Å². The second-order valence-corrected chi connectivity index (χ2v) is 9.76. The van der Waals surface area contributed by atoms with Gasteiger partial charge in [0.15, 0.2) is 17.3 Å². The van der Waals surface area contributed by atoms with Gasteiger partial charge in [-0.1, -0.05) is 29.8 Å². The van der Waals surface area contributed by atoms with Gasteiger partial charge in [0.25, 0.3) is 5.56 Å². The molecule has 0 saturated heterocycles. The summed E-state index contributed by atoms with van der Waals surface area (Å²) in [6.45, 7) is 3.79. The average Bonchev–Trinajstić information content (AvgIpc) is 3.36. The lowest BCUT2D eigenvalue weighted by Crippen LogP contribution is -2.20. The summed E-state index contributed by atoms with van der Waals surface area (Å²) >= 11 is 10.1. The van der Waals surface area contributed by atoms with E-state index in [2.05, 4.69) is 21.0 Å². The van der Waals surface area contributed by atoms with E-state index in [1.807, 2.05) is 38.1 Å². The minimum absolute atomic E-state index is 0.111. The first-order valence-corrected chi connectivity index (χ1v) is 12.8. The Labute approximate surface area is 231 Å². The Morgan fingerprint density at radius 3 is 2.55 bits per heavy atom. The standard InChI is InChI=1S/C28H23BrClN3O5/c1-15(2)37-26-22(36-4)12-16(24(29)25(26)30)14-31-33-27(32-19-9-6-5-8-17(19)28(33)34)23-13-18-20(35-3)10-7-11-21(18)38-23/h5-15H,1-4H3. The molecule has 0 bridgehead atoms. The van der Waals surface area contributed by atoms with Crippen LogP contribution >= 0.6 is 27.5 Å². The molecule has 0 N–H and O–H groups in total. The average molecular weight is 597 g/mol. The Morgan fingerprint density at radius 2 is 1.82 bits per heavy atom. The normalized spacial score (nSPS) is 11.7. The molecular weight excluding hydrogens is 574 g/mol. The number of methoxy groups -OCH3 is 2. The van der Waals surface area contributed by atoms with E-state index in [0.29, 0.717) is 54.6 Å². The van der Waals surface area contributed by atoms with Crippen molar-refractivity contribution in [2.75, 3.05) is 14.2 Å². The zero-order chi connectivity index (χ0) is 27.0. The summed E-state index contributed by atoms with van der Waals surface area (Å²) < 4.78 is 24.6. The second kappa shape index (κ2) is 10.5. The van der Waals surface area contributed by atoms with Crippen molar-refractivity contribution in [2.24, 2.45) is 5.10 Å². The number of nitrogens with zero attached hydrogens (tertiary/aromatic N) is 3. The highest BCUT2D eigenvalue weighted by molar-refractivity contribution is 9.10. The van der Waals surface area contributed by atoms with Gasteiger partial charge in [-0.15, -0.1) is 0 Å². The summed E-state index contributed by atoms with van der Waals surface area (Å²) in [6, 6.07) is 16.1. The summed E-state index contributed by atoms with van der Waals surface area (Å²) in [7, 11) is 3.12. The molecule has 38 heavy (non-hydrogen) atoms. The predicted molar refractivity (Wildman–Crippen MR) is 152 cm³/mol. The third-order valence-electron chi connectivity index (χ3n) is 5.76. The van der Waals surface area contributed by atoms with E-state index in [4.69, 9.17) is 35.2 Å². The van der Waals surface area contributed by atoms with Gasteiger partial charge in [0.1, 0.15) is 16.4 Å². The predicted octanol–water partition coefficient (Wildman–Crippen LogP) is 6.91. The number of ether oxygens (including phenoxy) is 3. The van der Waals surface area contributed by atoms with Crippen LogP contribution in [0.4, 0.5) is 0 Å². The van der Waals surface area contributed by atoms with Gasteiger partial charge in [0, 0.05) is 10.0 Å². The number of benzene rings is 3. The first-order valence-electron chi connectivity index (χ1n) is 11.7. The largest absolute Gasteiger partial charge is 0.496 e. The first kappa shape index (κ1) is 25.8. The molecule has 0 fully saturated rings. The molecule has 0 radical (unpaired) electrons. The van der Waals surface area contributed by atoms with Crippen molar-refractivity contribution in [2.45, 2.75) is 20.0 Å². The van der Waals surface area contributed by atoms with Crippen LogP contribution in [-0.4, -0.2) is 36.2 Å². The summed E-state index contributed by atoms with van der Waals surface area (Å²) in [5, 5.41) is 6.02. The van der Waals surface area contributed by atoms with E-state index < -0.39 is 0 Å². The molecule has 0 aliphatic heterocycles. The number of hydrogen-bond acceptors (Lipinski definition) is 7. The van der Waals surface area contributed by atoms with Crippen molar-refractivity contribution in [1.82, 2.24) is 9.66 Å². The first-order chi connectivity index (χ1) is 18.3. The maximum Gasteiger partial charge on any atom is 0.282 e. The fourth-order valence-electron chi connectivity index (χ4n) is 4.03. The van der Waals surface area contributed by atoms with E-state index in [0.717, 1.165) is 5.39 Å². The molecule has 0 amide bonds. The van der Waals surface area contributed by atoms with Gasteiger partial charge in [0.2, 0.25) is 5.82 Å². The molecule has 0 saturated carbocycles. The highest BCUT2D eigenvalue weighted by Gasteiger charge is 2.20. The monoisotopic (exact) mass is 595 g/mol. The Hall–Kier alpha value is -3.82. The topological polar surface area (TPSA) is 88.1 Å². The summed E-state index contributed by atoms with van der Waals surface area (Å²) in [6.07, 6.45) is 1.39. The zero-order valence-electron chi connectivity index (χ0n) is 21.0. The van der Waals surface area contributed by atoms with Crippen LogP contribution in [0.1, 0.15) is 19.4 Å². The van der Waals surface area contributed by atoms with Crippen molar-refractivity contribution in [3.8, 4) is 28.8 Å². The minimum atomic E-state index is -0.358. The third-order valence-corrected chi connectivity index (χ3v) is 7.20. The smallest absolute Gasteiger partial charge is 0.282 e. The fourth-order valence-corrected chi connectivity index (χ4v) is 4.67. The number of aromatic nitrogens is 2. The Balaban J connectivity index is 1.70. The van der Waals surface area contributed by atoms with Crippen LogP contribution < -0.4 is 19.8 Å². The lowest BCUT2D eigenvalue weighted by Gasteiger charge is -2.17. The SMILES string of the molecule is COc1cc(C=Nn2c(-c3cc4c(OC)cccc4o3)nc3ccccc3c2=O)c(Br)c(Cl)c1OC(C)C. The minimum Gasteiger partial charge on any atom is -0.496 e. The van der Waals surface area contributed by atoms with Gasteiger partial charge in [-0.25, -0.2) is 4.98 Å². The molecule has 0 aliphatic rings. The molecule has 194 valence electrons. The van der Waals surface area contributed by atoms with Crippen molar-refractivity contribution in [1.29, 1.82) is 0 Å². The molecule has 0 unspecified atom stereocenters. The van der Waals surface area contributed by atoms with Crippen molar-refractivity contribution >= 4 is 55.6 Å². The van der Waals surface area contributed by atoms with Crippen LogP contribution in [0.3, 0.4) is 0 Å². The molecule has 8 nitrogen and oxygen atoms in total. The molecule has 10 heteroatoms. The van der Waals surface area contributed by atoms with Gasteiger partial charge in [-0.05, 0) is 66.2 Å². The summed E-state index contributed by atoms with van der Waals surface area (Å²) in [4.78, 5) is 18.3. The number of fused-ring (bicyclic) bond motifs is 2. The van der Waals surface area contributed by atoms with Gasteiger partial charge >= 0.3 is 0 Å². The highest BCUT2D eigenvalue weighted by Crippen LogP contribution is 2.42. The Kier molecular flexibility index (Phi) is 7.14. The molecular formula is C28H23BrClN3O5. The van der Waals surface area contributed by atoms with Crippen molar-refractivity contribution in [3.63, 3.8) is 0 Å². The number of hydrogen-bond donors (Lipinski definition) is 0. The number of rotatable bonds is 7. The Bertz CT molecular complexity index is 1760. The molecule has 0 spiro atoms. The molecule has 5 aromatic rings. The molecule has 2 heterocycles. The molecule has 0 atom stereocenters. The van der Waals surface area contributed by atoms with Gasteiger partial charge in [-0.2, -0.15) is 9.78 Å². The quantitative estimate of drug-likeness (QED) is 0.190. The van der Waals surface area contributed by atoms with Crippen molar-refractivity contribution < 1.29 is 18.6 Å². The molecule has 0 aliphatic carbocycles. The lowest BCUT2D eigenvalue weighted by atomic mass is 10.2. The summed E-state index contributed by atoms with van der Waals surface area (Å²) in [5.41, 5.74) is 1.33. The maximum absolute atomic E-state index is 13.6. The van der Waals surface area contributed by atoms with Crippen LogP contribution in [-0.2, 0) is 0 Å². The number of furan rings is 1. The third kappa shape index (κ3) is 4.63. The lowest BCUT2D eigenvalue weighted by molar-refractivity contribution is 0.230.